The van der Waals surface area contributed by atoms with Crippen LogP contribution in [0, 0.1) is 0 Å². The smallest absolute Gasteiger partial charge is 0.242 e. The summed E-state index contributed by atoms with van der Waals surface area (Å²) in [6.07, 6.45) is 2.02. The van der Waals surface area contributed by atoms with Crippen LogP contribution in [0.15, 0.2) is 48.5 Å². The lowest BCUT2D eigenvalue weighted by atomic mass is 9.94. The molecule has 3 nitrogen and oxygen atoms in total. The van der Waals surface area contributed by atoms with Crippen LogP contribution in [0.1, 0.15) is 35.2 Å². The SMILES string of the molecule is CCc1ccc(CNC(=O)C2NCCc3ccccc32)cc1. The molecule has 1 heterocycles. The van der Waals surface area contributed by atoms with E-state index in [4.69, 9.17) is 0 Å². The Kier molecular flexibility index (Phi) is 4.54. The molecule has 0 radical (unpaired) electrons. The first-order valence-electron chi connectivity index (χ1n) is 7.94. The molecule has 0 fully saturated rings. The largest absolute Gasteiger partial charge is 0.350 e. The second-order valence-electron chi connectivity index (χ2n) is 5.72. The number of rotatable bonds is 4. The molecule has 1 aliphatic rings. The number of carbonyl (C=O) groups excluding carboxylic acids is 1. The maximum atomic E-state index is 12.5. The van der Waals surface area contributed by atoms with Crippen molar-refractivity contribution in [1.82, 2.24) is 10.6 Å². The van der Waals surface area contributed by atoms with Gasteiger partial charge < -0.3 is 10.6 Å². The summed E-state index contributed by atoms with van der Waals surface area (Å²) in [5, 5.41) is 6.36. The molecule has 0 spiro atoms. The molecule has 2 aromatic carbocycles. The highest BCUT2D eigenvalue weighted by atomic mass is 16.2. The standard InChI is InChI=1S/C19H22N2O/c1-2-14-7-9-15(10-8-14)13-21-19(22)18-17-6-4-3-5-16(17)11-12-20-18/h3-10,18,20H,2,11-13H2,1H3,(H,21,22). The second kappa shape index (κ2) is 6.75. The van der Waals surface area contributed by atoms with Crippen LogP contribution >= 0.6 is 0 Å². The van der Waals surface area contributed by atoms with Gasteiger partial charge in [-0.15, -0.1) is 0 Å². The summed E-state index contributed by atoms with van der Waals surface area (Å²) in [4.78, 5) is 12.5. The Labute approximate surface area is 131 Å². The van der Waals surface area contributed by atoms with E-state index < -0.39 is 0 Å². The third-order valence-electron chi connectivity index (χ3n) is 4.27. The monoisotopic (exact) mass is 294 g/mol. The Hall–Kier alpha value is -2.13. The average molecular weight is 294 g/mol. The number of fused-ring (bicyclic) bond motifs is 1. The first kappa shape index (κ1) is 14.8. The summed E-state index contributed by atoms with van der Waals surface area (Å²) in [7, 11) is 0. The molecule has 0 aliphatic carbocycles. The normalized spacial score (nSPS) is 16.9. The molecular formula is C19H22N2O. The van der Waals surface area contributed by atoms with Crippen LogP contribution in [0.5, 0.6) is 0 Å². The molecule has 1 atom stereocenters. The number of amides is 1. The molecule has 0 saturated heterocycles. The Balaban J connectivity index is 1.65. The van der Waals surface area contributed by atoms with Gasteiger partial charge >= 0.3 is 0 Å². The van der Waals surface area contributed by atoms with E-state index in [1.807, 2.05) is 18.2 Å². The van der Waals surface area contributed by atoms with Gasteiger partial charge in [-0.1, -0.05) is 55.5 Å². The summed E-state index contributed by atoms with van der Waals surface area (Å²) in [5.41, 5.74) is 4.83. The van der Waals surface area contributed by atoms with Crippen LogP contribution < -0.4 is 10.6 Å². The summed E-state index contributed by atoms with van der Waals surface area (Å²) in [5.74, 6) is 0.0479. The zero-order chi connectivity index (χ0) is 15.4. The van der Waals surface area contributed by atoms with Crippen LogP contribution in [0.3, 0.4) is 0 Å². The van der Waals surface area contributed by atoms with Gasteiger partial charge in [0, 0.05) is 13.1 Å². The molecule has 1 amide bonds. The lowest BCUT2D eigenvalue weighted by molar-refractivity contribution is -0.123. The van der Waals surface area contributed by atoms with Crippen molar-refractivity contribution in [3.63, 3.8) is 0 Å². The van der Waals surface area contributed by atoms with E-state index in [1.54, 1.807) is 0 Å². The number of hydrogen-bond acceptors (Lipinski definition) is 2. The van der Waals surface area contributed by atoms with Gasteiger partial charge in [0.2, 0.25) is 5.91 Å². The molecule has 0 saturated carbocycles. The Morgan fingerprint density at radius 3 is 2.64 bits per heavy atom. The van der Waals surface area contributed by atoms with Gasteiger partial charge in [0.05, 0.1) is 0 Å². The molecular weight excluding hydrogens is 272 g/mol. The van der Waals surface area contributed by atoms with E-state index in [9.17, 15) is 4.79 Å². The topological polar surface area (TPSA) is 41.1 Å². The minimum atomic E-state index is -0.236. The van der Waals surface area contributed by atoms with Gasteiger partial charge in [0.15, 0.2) is 0 Å². The first-order valence-corrected chi connectivity index (χ1v) is 7.94. The summed E-state index contributed by atoms with van der Waals surface area (Å²) in [6, 6.07) is 16.4. The van der Waals surface area contributed by atoms with E-state index in [0.29, 0.717) is 6.54 Å². The van der Waals surface area contributed by atoms with Crippen molar-refractivity contribution >= 4 is 5.91 Å². The van der Waals surface area contributed by atoms with Crippen molar-refractivity contribution in [2.45, 2.75) is 32.4 Å². The quantitative estimate of drug-likeness (QED) is 0.910. The Morgan fingerprint density at radius 2 is 1.86 bits per heavy atom. The fourth-order valence-corrected chi connectivity index (χ4v) is 2.92. The number of hydrogen-bond donors (Lipinski definition) is 2. The molecule has 1 aliphatic heterocycles. The molecule has 2 N–H and O–H groups in total. The Bertz CT molecular complexity index is 649. The molecule has 0 bridgehead atoms. The minimum Gasteiger partial charge on any atom is -0.350 e. The lowest BCUT2D eigenvalue weighted by Gasteiger charge is -2.26. The zero-order valence-electron chi connectivity index (χ0n) is 12.9. The predicted octanol–water partition coefficient (Wildman–Crippen LogP) is 2.75. The van der Waals surface area contributed by atoms with Gasteiger partial charge in [0.1, 0.15) is 6.04 Å². The zero-order valence-corrected chi connectivity index (χ0v) is 12.9. The highest BCUT2D eigenvalue weighted by Crippen LogP contribution is 2.22. The molecule has 1 unspecified atom stereocenters. The van der Waals surface area contributed by atoms with Gasteiger partial charge in [-0.2, -0.15) is 0 Å². The molecule has 0 aromatic heterocycles. The third-order valence-corrected chi connectivity index (χ3v) is 4.27. The number of nitrogens with one attached hydrogen (secondary N) is 2. The maximum Gasteiger partial charge on any atom is 0.242 e. The van der Waals surface area contributed by atoms with Crippen LogP contribution in [-0.2, 0) is 24.2 Å². The number of benzene rings is 2. The van der Waals surface area contributed by atoms with Crippen molar-refractivity contribution in [2.24, 2.45) is 0 Å². The van der Waals surface area contributed by atoms with Gasteiger partial charge in [-0.05, 0) is 35.1 Å². The van der Waals surface area contributed by atoms with Crippen molar-refractivity contribution in [1.29, 1.82) is 0 Å². The lowest BCUT2D eigenvalue weighted by Crippen LogP contribution is -2.41. The van der Waals surface area contributed by atoms with Crippen molar-refractivity contribution in [3.05, 3.63) is 70.8 Å². The maximum absolute atomic E-state index is 12.5. The van der Waals surface area contributed by atoms with E-state index in [2.05, 4.69) is 47.9 Å². The van der Waals surface area contributed by atoms with Crippen LogP contribution in [-0.4, -0.2) is 12.5 Å². The van der Waals surface area contributed by atoms with Crippen molar-refractivity contribution in [2.75, 3.05) is 6.54 Å². The van der Waals surface area contributed by atoms with Crippen molar-refractivity contribution < 1.29 is 4.79 Å². The molecule has 3 heteroatoms. The highest BCUT2D eigenvalue weighted by Gasteiger charge is 2.25. The summed E-state index contributed by atoms with van der Waals surface area (Å²) >= 11 is 0. The molecule has 22 heavy (non-hydrogen) atoms. The van der Waals surface area contributed by atoms with E-state index in [-0.39, 0.29) is 11.9 Å². The first-order chi connectivity index (χ1) is 10.8. The van der Waals surface area contributed by atoms with Crippen molar-refractivity contribution in [3.8, 4) is 0 Å². The predicted molar refractivity (Wildman–Crippen MR) is 88.6 cm³/mol. The van der Waals surface area contributed by atoms with E-state index >= 15 is 0 Å². The molecule has 2 aromatic rings. The van der Waals surface area contributed by atoms with Crippen LogP contribution in [0.4, 0.5) is 0 Å². The van der Waals surface area contributed by atoms with Gasteiger partial charge in [-0.25, -0.2) is 0 Å². The van der Waals surface area contributed by atoms with E-state index in [0.717, 1.165) is 30.5 Å². The second-order valence-corrected chi connectivity index (χ2v) is 5.72. The Morgan fingerprint density at radius 1 is 1.14 bits per heavy atom. The number of carbonyl (C=O) groups is 1. The fourth-order valence-electron chi connectivity index (χ4n) is 2.92. The van der Waals surface area contributed by atoms with Crippen LogP contribution in [0.2, 0.25) is 0 Å². The van der Waals surface area contributed by atoms with E-state index in [1.165, 1.54) is 11.1 Å². The fraction of sp³-hybridized carbons (Fsp3) is 0.316. The highest BCUT2D eigenvalue weighted by molar-refractivity contribution is 5.83. The molecule has 3 rings (SSSR count). The average Bonchev–Trinajstić information content (AvgIpc) is 2.59. The van der Waals surface area contributed by atoms with Gasteiger partial charge in [0.25, 0.3) is 0 Å². The van der Waals surface area contributed by atoms with Crippen LogP contribution in [0.25, 0.3) is 0 Å². The summed E-state index contributed by atoms with van der Waals surface area (Å²) in [6.45, 7) is 3.56. The molecule has 114 valence electrons. The minimum absolute atomic E-state index is 0.0479. The summed E-state index contributed by atoms with van der Waals surface area (Å²) < 4.78 is 0. The number of aryl methyl sites for hydroxylation is 1. The van der Waals surface area contributed by atoms with Gasteiger partial charge in [-0.3, -0.25) is 4.79 Å². The third kappa shape index (κ3) is 3.20.